The van der Waals surface area contributed by atoms with E-state index in [0.29, 0.717) is 0 Å². The molecule has 1 heterocycles. The molecule has 2 aromatic rings. The minimum Gasteiger partial charge on any atom is -0.399 e. The monoisotopic (exact) mass is 246 g/mol. The minimum atomic E-state index is 0.186. The number of pyridine rings is 1. The van der Waals surface area contributed by atoms with Crippen LogP contribution >= 0.6 is 11.8 Å². The number of aryl methyl sites for hydroxylation is 1. The number of hydrogen-bond acceptors (Lipinski definition) is 3. The molecule has 0 aliphatic rings. The molecule has 0 atom stereocenters. The van der Waals surface area contributed by atoms with Crippen LogP contribution in [0.5, 0.6) is 0 Å². The van der Waals surface area contributed by atoms with Gasteiger partial charge in [-0.05, 0) is 31.2 Å². The van der Waals surface area contributed by atoms with E-state index in [1.165, 1.54) is 4.90 Å². The van der Waals surface area contributed by atoms with E-state index in [-0.39, 0.29) is 4.75 Å². The quantitative estimate of drug-likeness (QED) is 0.610. The summed E-state index contributed by atoms with van der Waals surface area (Å²) in [6.45, 7) is 8.67. The van der Waals surface area contributed by atoms with Crippen molar-refractivity contribution < 1.29 is 0 Å². The molecule has 0 aliphatic carbocycles. The van der Waals surface area contributed by atoms with Crippen LogP contribution in [0.15, 0.2) is 29.2 Å². The first-order valence-corrected chi connectivity index (χ1v) is 6.53. The van der Waals surface area contributed by atoms with Crippen molar-refractivity contribution in [3.8, 4) is 0 Å². The summed E-state index contributed by atoms with van der Waals surface area (Å²) in [6, 6.07) is 8.04. The number of benzene rings is 1. The lowest BCUT2D eigenvalue weighted by molar-refractivity contribution is 0.803. The molecule has 1 aromatic heterocycles. The van der Waals surface area contributed by atoms with Gasteiger partial charge in [-0.3, -0.25) is 4.98 Å². The maximum absolute atomic E-state index is 5.86. The van der Waals surface area contributed by atoms with E-state index in [4.69, 9.17) is 5.73 Å². The highest BCUT2D eigenvalue weighted by Crippen LogP contribution is 2.37. The first-order valence-electron chi connectivity index (χ1n) is 5.71. The van der Waals surface area contributed by atoms with Gasteiger partial charge in [0.1, 0.15) is 0 Å². The molecule has 90 valence electrons. The van der Waals surface area contributed by atoms with Crippen LogP contribution in [0, 0.1) is 6.92 Å². The summed E-state index contributed by atoms with van der Waals surface area (Å²) in [6.07, 6.45) is 0. The van der Waals surface area contributed by atoms with Crippen LogP contribution in [-0.2, 0) is 0 Å². The normalized spacial score (nSPS) is 12.0. The molecule has 0 saturated heterocycles. The standard InChI is InChI=1S/C14H18N2S/c1-9-7-13(17-14(2,3)4)11-8-10(15)5-6-12(11)16-9/h5-8H,15H2,1-4H3. The summed E-state index contributed by atoms with van der Waals surface area (Å²) in [5.41, 5.74) is 8.72. The van der Waals surface area contributed by atoms with Crippen LogP contribution in [0.1, 0.15) is 26.5 Å². The van der Waals surface area contributed by atoms with Crippen molar-refractivity contribution >= 4 is 28.4 Å². The Balaban J connectivity index is 2.63. The van der Waals surface area contributed by atoms with Crippen LogP contribution in [0.3, 0.4) is 0 Å². The summed E-state index contributed by atoms with van der Waals surface area (Å²) in [5, 5.41) is 1.15. The van der Waals surface area contributed by atoms with Gasteiger partial charge in [-0.2, -0.15) is 0 Å². The Labute approximate surface area is 107 Å². The second kappa shape index (κ2) is 4.22. The first kappa shape index (κ1) is 12.2. The van der Waals surface area contributed by atoms with Crippen LogP contribution in [0.4, 0.5) is 5.69 Å². The van der Waals surface area contributed by atoms with E-state index in [1.807, 2.05) is 36.9 Å². The van der Waals surface area contributed by atoms with Crippen LogP contribution in [0.2, 0.25) is 0 Å². The van der Waals surface area contributed by atoms with Crippen molar-refractivity contribution in [2.24, 2.45) is 0 Å². The largest absolute Gasteiger partial charge is 0.399 e. The molecule has 0 radical (unpaired) electrons. The number of nitrogens with zero attached hydrogens (tertiary/aromatic N) is 1. The van der Waals surface area contributed by atoms with Gasteiger partial charge in [0.25, 0.3) is 0 Å². The van der Waals surface area contributed by atoms with Crippen molar-refractivity contribution in [2.75, 3.05) is 5.73 Å². The molecule has 2 rings (SSSR count). The van der Waals surface area contributed by atoms with Crippen molar-refractivity contribution in [1.82, 2.24) is 4.98 Å². The van der Waals surface area contributed by atoms with E-state index < -0.39 is 0 Å². The molecular formula is C14H18N2S. The zero-order valence-electron chi connectivity index (χ0n) is 10.7. The fourth-order valence-corrected chi connectivity index (χ4v) is 2.92. The Morgan fingerprint density at radius 3 is 2.53 bits per heavy atom. The van der Waals surface area contributed by atoms with Gasteiger partial charge in [0.2, 0.25) is 0 Å². The highest BCUT2D eigenvalue weighted by molar-refractivity contribution is 8.00. The Morgan fingerprint density at radius 1 is 1.18 bits per heavy atom. The summed E-state index contributed by atoms with van der Waals surface area (Å²) in [7, 11) is 0. The molecule has 17 heavy (non-hydrogen) atoms. The van der Waals surface area contributed by atoms with E-state index in [9.17, 15) is 0 Å². The Kier molecular flexibility index (Phi) is 3.04. The smallest absolute Gasteiger partial charge is 0.0717 e. The molecule has 0 spiro atoms. The van der Waals surface area contributed by atoms with Gasteiger partial charge >= 0.3 is 0 Å². The highest BCUT2D eigenvalue weighted by atomic mass is 32.2. The number of hydrogen-bond donors (Lipinski definition) is 1. The van der Waals surface area contributed by atoms with Crippen molar-refractivity contribution in [3.63, 3.8) is 0 Å². The molecular weight excluding hydrogens is 228 g/mol. The fraction of sp³-hybridized carbons (Fsp3) is 0.357. The molecule has 0 bridgehead atoms. The van der Waals surface area contributed by atoms with Gasteiger partial charge in [0.15, 0.2) is 0 Å². The van der Waals surface area contributed by atoms with Gasteiger partial charge in [-0.1, -0.05) is 20.8 Å². The van der Waals surface area contributed by atoms with Crippen molar-refractivity contribution in [1.29, 1.82) is 0 Å². The van der Waals surface area contributed by atoms with Crippen LogP contribution < -0.4 is 5.73 Å². The van der Waals surface area contributed by atoms with Crippen molar-refractivity contribution in [3.05, 3.63) is 30.0 Å². The molecule has 0 amide bonds. The summed E-state index contributed by atoms with van der Waals surface area (Å²) < 4.78 is 0.186. The molecule has 2 nitrogen and oxygen atoms in total. The maximum Gasteiger partial charge on any atom is 0.0717 e. The van der Waals surface area contributed by atoms with Gasteiger partial charge in [0.05, 0.1) is 5.52 Å². The topological polar surface area (TPSA) is 38.9 Å². The number of nitrogens with two attached hydrogens (primary N) is 1. The average molecular weight is 246 g/mol. The Bertz CT molecular complexity index is 556. The zero-order chi connectivity index (χ0) is 12.6. The second-order valence-electron chi connectivity index (χ2n) is 5.25. The maximum atomic E-state index is 5.86. The van der Waals surface area contributed by atoms with E-state index >= 15 is 0 Å². The molecule has 0 aliphatic heterocycles. The van der Waals surface area contributed by atoms with E-state index in [0.717, 1.165) is 22.3 Å². The molecule has 0 saturated carbocycles. The zero-order valence-corrected chi connectivity index (χ0v) is 11.6. The van der Waals surface area contributed by atoms with Crippen molar-refractivity contribution in [2.45, 2.75) is 37.3 Å². The lowest BCUT2D eigenvalue weighted by Gasteiger charge is -2.19. The number of rotatable bonds is 1. The number of nitrogen functional groups attached to an aromatic ring is 1. The van der Waals surface area contributed by atoms with E-state index in [2.05, 4.69) is 31.8 Å². The minimum absolute atomic E-state index is 0.186. The second-order valence-corrected chi connectivity index (χ2v) is 7.12. The van der Waals surface area contributed by atoms with Gasteiger partial charge in [-0.15, -0.1) is 11.8 Å². The highest BCUT2D eigenvalue weighted by Gasteiger charge is 2.15. The Morgan fingerprint density at radius 2 is 1.88 bits per heavy atom. The average Bonchev–Trinajstić information content (AvgIpc) is 2.16. The summed E-state index contributed by atoms with van der Waals surface area (Å²) in [5.74, 6) is 0. The lowest BCUT2D eigenvalue weighted by Crippen LogP contribution is -2.07. The summed E-state index contributed by atoms with van der Waals surface area (Å²) in [4.78, 5) is 5.80. The van der Waals surface area contributed by atoms with E-state index in [1.54, 1.807) is 0 Å². The SMILES string of the molecule is Cc1cc(SC(C)(C)C)c2cc(N)ccc2n1. The predicted octanol–water partition coefficient (Wildman–Crippen LogP) is 4.02. The molecule has 1 aromatic carbocycles. The van der Waals surface area contributed by atoms with Crippen LogP contribution in [-0.4, -0.2) is 9.73 Å². The molecule has 0 fully saturated rings. The number of aromatic nitrogens is 1. The molecule has 3 heteroatoms. The van der Waals surface area contributed by atoms with Gasteiger partial charge < -0.3 is 5.73 Å². The first-order chi connectivity index (χ1) is 7.85. The third-order valence-corrected chi connectivity index (χ3v) is 3.51. The number of fused-ring (bicyclic) bond motifs is 1. The van der Waals surface area contributed by atoms with Gasteiger partial charge in [-0.25, -0.2) is 0 Å². The molecule has 2 N–H and O–H groups in total. The Hall–Kier alpha value is -1.22. The van der Waals surface area contributed by atoms with Crippen LogP contribution in [0.25, 0.3) is 10.9 Å². The fourth-order valence-electron chi connectivity index (χ4n) is 1.75. The molecule has 0 unspecified atom stereocenters. The number of anilines is 1. The third kappa shape index (κ3) is 2.91. The summed E-state index contributed by atoms with van der Waals surface area (Å²) >= 11 is 1.86. The lowest BCUT2D eigenvalue weighted by atomic mass is 10.2. The van der Waals surface area contributed by atoms with Gasteiger partial charge in [0, 0.05) is 26.4 Å². The number of thioether (sulfide) groups is 1. The predicted molar refractivity (Wildman–Crippen MR) is 76.5 cm³/mol. The third-order valence-electron chi connectivity index (χ3n) is 2.34.